The number of esters is 1. The number of ether oxygens (including phenoxy) is 3. The van der Waals surface area contributed by atoms with Gasteiger partial charge in [-0.1, -0.05) is 39.4 Å². The molecule has 0 radical (unpaired) electrons. The first-order chi connectivity index (χ1) is 15.3. The molecule has 2 saturated heterocycles. The van der Waals surface area contributed by atoms with Gasteiger partial charge in [0.15, 0.2) is 0 Å². The first kappa shape index (κ1) is 27.8. The van der Waals surface area contributed by atoms with Crippen molar-refractivity contribution in [3.05, 3.63) is 12.2 Å². The van der Waals surface area contributed by atoms with Crippen LogP contribution < -0.4 is 0 Å². The highest BCUT2D eigenvalue weighted by Gasteiger charge is 2.49. The van der Waals surface area contributed by atoms with Crippen molar-refractivity contribution in [2.24, 2.45) is 28.8 Å². The Hall–Kier alpha value is -1.48. The van der Waals surface area contributed by atoms with Gasteiger partial charge in [0.2, 0.25) is 0 Å². The van der Waals surface area contributed by atoms with Crippen LogP contribution in [-0.2, 0) is 19.0 Å². The minimum Gasteiger partial charge on any atom is -0.459 e. The zero-order valence-electron chi connectivity index (χ0n) is 21.2. The highest BCUT2D eigenvalue weighted by atomic mass is 16.6. The van der Waals surface area contributed by atoms with Gasteiger partial charge in [-0.2, -0.15) is 0 Å². The van der Waals surface area contributed by atoms with Gasteiger partial charge < -0.3 is 29.6 Å². The molecule has 2 bridgehead atoms. The van der Waals surface area contributed by atoms with Gasteiger partial charge in [-0.15, -0.1) is 0 Å². The molecule has 9 atom stereocenters. The van der Waals surface area contributed by atoms with Crippen LogP contribution in [0.15, 0.2) is 17.3 Å². The summed E-state index contributed by atoms with van der Waals surface area (Å²) in [6.07, 6.45) is -1.34. The number of oxime groups is 1. The SMILES string of the molecule is C=C1CO[C@@H]2[C@@H](C)/C(=N/O)[C@H](C)C[C@](C)(CC(C)C(O)C(C)C(=O)OC(CC)C2(C)O)OC1. The fourth-order valence-corrected chi connectivity index (χ4v) is 5.57. The lowest BCUT2D eigenvalue weighted by Crippen LogP contribution is -2.57. The largest absolute Gasteiger partial charge is 0.459 e. The van der Waals surface area contributed by atoms with E-state index in [1.54, 1.807) is 13.8 Å². The number of fused-ring (bicyclic) bond motifs is 5. The van der Waals surface area contributed by atoms with E-state index < -0.39 is 47.3 Å². The molecule has 0 amide bonds. The molecule has 0 aromatic heterocycles. The molecule has 0 aromatic carbocycles. The molecule has 3 N–H and O–H groups in total. The topological polar surface area (TPSA) is 118 Å². The van der Waals surface area contributed by atoms with E-state index in [0.29, 0.717) is 30.5 Å². The molecule has 33 heavy (non-hydrogen) atoms. The van der Waals surface area contributed by atoms with Crippen LogP contribution in [0.4, 0.5) is 0 Å². The van der Waals surface area contributed by atoms with Gasteiger partial charge in [0.25, 0.3) is 0 Å². The Morgan fingerprint density at radius 2 is 1.76 bits per heavy atom. The third-order valence-corrected chi connectivity index (χ3v) is 7.45. The van der Waals surface area contributed by atoms with Crippen LogP contribution in [0.25, 0.3) is 0 Å². The summed E-state index contributed by atoms with van der Waals surface area (Å²) in [5.41, 5.74) is -1.10. The quantitative estimate of drug-likeness (QED) is 0.233. The van der Waals surface area contributed by atoms with Crippen LogP contribution >= 0.6 is 0 Å². The molecule has 5 unspecified atom stereocenters. The van der Waals surface area contributed by atoms with E-state index in [-0.39, 0.29) is 25.0 Å². The monoisotopic (exact) mass is 469 g/mol. The lowest BCUT2D eigenvalue weighted by Gasteiger charge is -2.43. The van der Waals surface area contributed by atoms with Crippen molar-refractivity contribution < 1.29 is 34.4 Å². The number of aliphatic hydroxyl groups excluding tert-OH is 1. The Balaban J connectivity index is 2.69. The van der Waals surface area contributed by atoms with E-state index in [1.807, 2.05) is 34.6 Å². The van der Waals surface area contributed by atoms with Crippen molar-refractivity contribution in [1.82, 2.24) is 0 Å². The van der Waals surface area contributed by atoms with Crippen molar-refractivity contribution in [1.29, 1.82) is 0 Å². The van der Waals surface area contributed by atoms with E-state index >= 15 is 0 Å². The minimum atomic E-state index is -1.60. The Labute approximate surface area is 198 Å². The summed E-state index contributed by atoms with van der Waals surface area (Å²) in [5, 5.41) is 36.2. The van der Waals surface area contributed by atoms with Crippen LogP contribution in [0.2, 0.25) is 0 Å². The molecule has 8 nitrogen and oxygen atoms in total. The number of hydrogen-bond acceptors (Lipinski definition) is 8. The van der Waals surface area contributed by atoms with Crippen LogP contribution in [-0.4, -0.2) is 69.8 Å². The molecule has 0 aliphatic carbocycles. The number of carbonyl (C=O) groups excluding carboxylic acids is 1. The molecule has 0 aromatic rings. The summed E-state index contributed by atoms with van der Waals surface area (Å²) >= 11 is 0. The van der Waals surface area contributed by atoms with Gasteiger partial charge in [-0.3, -0.25) is 4.79 Å². The molecule has 2 aliphatic rings. The Kier molecular flexibility index (Phi) is 9.12. The molecule has 2 heterocycles. The van der Waals surface area contributed by atoms with Gasteiger partial charge in [0.05, 0.1) is 42.7 Å². The summed E-state index contributed by atoms with van der Waals surface area (Å²) in [7, 11) is 0. The second kappa shape index (κ2) is 10.8. The van der Waals surface area contributed by atoms with E-state index in [0.717, 1.165) is 0 Å². The predicted molar refractivity (Wildman–Crippen MR) is 125 cm³/mol. The van der Waals surface area contributed by atoms with Gasteiger partial charge >= 0.3 is 5.97 Å². The van der Waals surface area contributed by atoms with E-state index in [9.17, 15) is 20.2 Å². The summed E-state index contributed by atoms with van der Waals surface area (Å²) in [6.45, 7) is 17.2. The smallest absolute Gasteiger partial charge is 0.311 e. The zero-order chi connectivity index (χ0) is 25.1. The second-order valence-corrected chi connectivity index (χ2v) is 10.7. The molecular weight excluding hydrogens is 426 g/mol. The maximum absolute atomic E-state index is 13.0. The third-order valence-electron chi connectivity index (χ3n) is 7.45. The zero-order valence-corrected chi connectivity index (χ0v) is 21.2. The van der Waals surface area contributed by atoms with Crippen molar-refractivity contribution in [2.75, 3.05) is 13.2 Å². The van der Waals surface area contributed by atoms with Crippen LogP contribution in [0.5, 0.6) is 0 Å². The van der Waals surface area contributed by atoms with Crippen LogP contribution in [0, 0.1) is 23.7 Å². The highest BCUT2D eigenvalue weighted by molar-refractivity contribution is 5.88. The summed E-state index contributed by atoms with van der Waals surface area (Å²) in [5.74, 6) is -2.30. The second-order valence-electron chi connectivity index (χ2n) is 10.7. The molecular formula is C25H43NO7. The number of aliphatic hydroxyl groups is 2. The fourth-order valence-electron chi connectivity index (χ4n) is 5.57. The Morgan fingerprint density at radius 3 is 2.33 bits per heavy atom. The number of carbonyl (C=O) groups is 1. The average Bonchev–Trinajstić information content (AvgIpc) is 2.75. The number of cyclic esters (lactones) is 1. The van der Waals surface area contributed by atoms with Crippen LogP contribution in [0.3, 0.4) is 0 Å². The summed E-state index contributed by atoms with van der Waals surface area (Å²) < 4.78 is 18.2. The molecule has 2 rings (SSSR count). The first-order valence-electron chi connectivity index (χ1n) is 12.0. The maximum atomic E-state index is 13.0. The lowest BCUT2D eigenvalue weighted by molar-refractivity contribution is -0.195. The molecule has 2 fully saturated rings. The Morgan fingerprint density at radius 1 is 1.12 bits per heavy atom. The number of nitrogens with zero attached hydrogens (tertiary/aromatic N) is 1. The molecule has 0 saturated carbocycles. The minimum absolute atomic E-state index is 0.132. The molecule has 2 aliphatic heterocycles. The summed E-state index contributed by atoms with van der Waals surface area (Å²) in [4.78, 5) is 13.0. The normalized spacial score (nSPS) is 45.6. The third kappa shape index (κ3) is 6.15. The van der Waals surface area contributed by atoms with Crippen molar-refractivity contribution in [2.45, 2.75) is 97.2 Å². The predicted octanol–water partition coefficient (Wildman–Crippen LogP) is 3.32. The van der Waals surface area contributed by atoms with Crippen molar-refractivity contribution in [3.8, 4) is 0 Å². The van der Waals surface area contributed by atoms with Crippen molar-refractivity contribution >= 4 is 11.7 Å². The lowest BCUT2D eigenvalue weighted by atomic mass is 9.75. The van der Waals surface area contributed by atoms with Gasteiger partial charge in [-0.25, -0.2) is 0 Å². The van der Waals surface area contributed by atoms with E-state index in [2.05, 4.69) is 11.7 Å². The summed E-state index contributed by atoms with van der Waals surface area (Å²) in [6, 6.07) is 0. The van der Waals surface area contributed by atoms with Crippen LogP contribution in [0.1, 0.15) is 67.7 Å². The molecule has 8 heteroatoms. The Bertz CT molecular complexity index is 736. The van der Waals surface area contributed by atoms with E-state index in [4.69, 9.17) is 14.2 Å². The maximum Gasteiger partial charge on any atom is 0.311 e. The van der Waals surface area contributed by atoms with E-state index in [1.165, 1.54) is 0 Å². The molecule has 0 spiro atoms. The highest BCUT2D eigenvalue weighted by Crippen LogP contribution is 2.38. The average molecular weight is 470 g/mol. The molecule has 190 valence electrons. The first-order valence-corrected chi connectivity index (χ1v) is 12.0. The number of hydrogen-bond donors (Lipinski definition) is 3. The standard InChI is InChI=1S/C25H43NO7/c1-9-19-25(8,29)22-17(5)20(26-30)15(3)10-24(7,32-13-14(2)12-31-22)11-16(4)21(27)18(6)23(28)33-19/h15-19,21-22,27,29-30H,2,9-13H2,1,3-8H3/b26-20+/t15-,16?,17+,18?,19?,21?,22-,24-,25?/m1/s1. The van der Waals surface area contributed by atoms with Gasteiger partial charge in [-0.05, 0) is 51.5 Å². The van der Waals surface area contributed by atoms with Gasteiger partial charge in [0.1, 0.15) is 11.7 Å². The van der Waals surface area contributed by atoms with Crippen molar-refractivity contribution in [3.63, 3.8) is 0 Å². The van der Waals surface area contributed by atoms with Gasteiger partial charge in [0, 0.05) is 11.8 Å². The fraction of sp³-hybridized carbons (Fsp3) is 0.840. The number of rotatable bonds is 1.